The number of aryl methyl sites for hydroxylation is 1. The van der Waals surface area contributed by atoms with Crippen molar-refractivity contribution < 1.29 is 17.9 Å². The van der Waals surface area contributed by atoms with Gasteiger partial charge in [0.05, 0.1) is 4.90 Å². The summed E-state index contributed by atoms with van der Waals surface area (Å²) in [5.74, 6) is 0.578. The van der Waals surface area contributed by atoms with E-state index in [0.717, 1.165) is 24.0 Å². The highest BCUT2D eigenvalue weighted by molar-refractivity contribution is 7.89. The van der Waals surface area contributed by atoms with Crippen molar-refractivity contribution in [2.45, 2.75) is 50.2 Å². The minimum absolute atomic E-state index is 0.197. The predicted molar refractivity (Wildman–Crippen MR) is 121 cm³/mol. The van der Waals surface area contributed by atoms with Crippen LogP contribution in [0.5, 0.6) is 5.88 Å². The molecule has 172 valence electrons. The number of ether oxygens (including phenoxy) is 1. The maximum atomic E-state index is 12.9. The average molecular weight is 459 g/mol. The number of sulfonamides is 1. The van der Waals surface area contributed by atoms with Gasteiger partial charge in [-0.1, -0.05) is 23.8 Å². The zero-order valence-electron chi connectivity index (χ0n) is 18.4. The third-order valence-electron chi connectivity index (χ3n) is 6.05. The summed E-state index contributed by atoms with van der Waals surface area (Å²) in [6.45, 7) is 3.46. The maximum absolute atomic E-state index is 12.9. The van der Waals surface area contributed by atoms with Crippen LogP contribution in [0.3, 0.4) is 0 Å². The number of urea groups is 1. The van der Waals surface area contributed by atoms with Crippen molar-refractivity contribution >= 4 is 16.1 Å². The van der Waals surface area contributed by atoms with Crippen LogP contribution in [0.25, 0.3) is 0 Å². The van der Waals surface area contributed by atoms with Gasteiger partial charge in [-0.15, -0.1) is 0 Å². The number of piperazine rings is 1. The minimum atomic E-state index is -3.55. The molecule has 0 bridgehead atoms. The molecule has 2 aromatic rings. The fourth-order valence-electron chi connectivity index (χ4n) is 4.10. The summed E-state index contributed by atoms with van der Waals surface area (Å²) in [4.78, 5) is 19.0. The molecule has 0 atom stereocenters. The molecule has 0 spiro atoms. The lowest BCUT2D eigenvalue weighted by Crippen LogP contribution is -2.52. The van der Waals surface area contributed by atoms with Gasteiger partial charge in [0.15, 0.2) is 0 Å². The fourth-order valence-corrected chi connectivity index (χ4v) is 5.52. The van der Waals surface area contributed by atoms with E-state index in [2.05, 4.69) is 10.3 Å². The van der Waals surface area contributed by atoms with E-state index >= 15 is 0 Å². The Morgan fingerprint density at radius 1 is 1.09 bits per heavy atom. The molecule has 8 nitrogen and oxygen atoms in total. The summed E-state index contributed by atoms with van der Waals surface area (Å²) in [5.41, 5.74) is 1.85. The molecule has 1 aliphatic heterocycles. The highest BCUT2D eigenvalue weighted by atomic mass is 32.2. The summed E-state index contributed by atoms with van der Waals surface area (Å²) in [6.07, 6.45) is 6.33. The first kappa shape index (κ1) is 22.5. The van der Waals surface area contributed by atoms with Crippen LogP contribution in [0.1, 0.15) is 36.8 Å². The molecular formula is C23H30N4O4S. The highest BCUT2D eigenvalue weighted by Crippen LogP contribution is 2.25. The molecule has 2 fully saturated rings. The standard InChI is InChI=1S/C23H30N4O4S/c1-18-8-10-21(11-9-18)32(29,30)27-15-13-26(14-16-27)23(28)25-17-19-5-4-12-24-22(19)31-20-6-2-3-7-20/h4-5,8-12,20H,2-3,6-7,13-17H2,1H3,(H,25,28). The number of amides is 2. The first-order chi connectivity index (χ1) is 15.4. The summed E-state index contributed by atoms with van der Waals surface area (Å²) in [5, 5.41) is 2.92. The topological polar surface area (TPSA) is 91.8 Å². The molecule has 4 rings (SSSR count). The van der Waals surface area contributed by atoms with E-state index < -0.39 is 10.0 Å². The third kappa shape index (κ3) is 5.21. The van der Waals surface area contributed by atoms with Crippen molar-refractivity contribution in [3.05, 3.63) is 53.7 Å². The normalized spacial score (nSPS) is 18.0. The second-order valence-corrected chi connectivity index (χ2v) is 10.3. The zero-order chi connectivity index (χ0) is 22.6. The second-order valence-electron chi connectivity index (χ2n) is 8.35. The molecule has 2 amide bonds. The van der Waals surface area contributed by atoms with E-state index in [1.54, 1.807) is 35.4 Å². The first-order valence-electron chi connectivity index (χ1n) is 11.1. The fraction of sp³-hybridized carbons (Fsp3) is 0.478. The van der Waals surface area contributed by atoms with Gasteiger partial charge >= 0.3 is 6.03 Å². The molecule has 2 aliphatic rings. The van der Waals surface area contributed by atoms with Crippen LogP contribution in [-0.4, -0.2) is 60.9 Å². The van der Waals surface area contributed by atoms with E-state index in [1.165, 1.54) is 17.1 Å². The van der Waals surface area contributed by atoms with Crippen LogP contribution in [0.2, 0.25) is 0 Å². The smallest absolute Gasteiger partial charge is 0.317 e. The maximum Gasteiger partial charge on any atom is 0.317 e. The van der Waals surface area contributed by atoms with Crippen LogP contribution in [-0.2, 0) is 16.6 Å². The number of aromatic nitrogens is 1. The van der Waals surface area contributed by atoms with Gasteiger partial charge in [0.2, 0.25) is 15.9 Å². The SMILES string of the molecule is Cc1ccc(S(=O)(=O)N2CCN(C(=O)NCc3cccnc3OC3CCCC3)CC2)cc1. The Morgan fingerprint density at radius 2 is 1.78 bits per heavy atom. The molecule has 1 saturated heterocycles. The Labute approximate surface area is 189 Å². The van der Waals surface area contributed by atoms with E-state index in [1.807, 2.05) is 19.1 Å². The van der Waals surface area contributed by atoms with Gasteiger partial charge in [-0.2, -0.15) is 4.31 Å². The number of pyridine rings is 1. The van der Waals surface area contributed by atoms with Crippen molar-refractivity contribution in [1.82, 2.24) is 19.5 Å². The molecule has 1 aromatic carbocycles. The van der Waals surface area contributed by atoms with E-state index in [4.69, 9.17) is 4.74 Å². The molecule has 0 radical (unpaired) electrons. The summed E-state index contributed by atoms with van der Waals surface area (Å²) < 4.78 is 33.2. The number of benzene rings is 1. The van der Waals surface area contributed by atoms with E-state index in [-0.39, 0.29) is 30.1 Å². The van der Waals surface area contributed by atoms with Crippen LogP contribution in [0.15, 0.2) is 47.5 Å². The predicted octanol–water partition coefficient (Wildman–Crippen LogP) is 2.93. The Bertz CT molecular complexity index is 1030. The lowest BCUT2D eigenvalue weighted by molar-refractivity contribution is 0.171. The van der Waals surface area contributed by atoms with Crippen LogP contribution < -0.4 is 10.1 Å². The van der Waals surface area contributed by atoms with Crippen LogP contribution in [0, 0.1) is 6.92 Å². The second kappa shape index (κ2) is 9.87. The van der Waals surface area contributed by atoms with Gasteiger partial charge in [-0.25, -0.2) is 18.2 Å². The number of carbonyl (C=O) groups excluding carboxylic acids is 1. The molecular weight excluding hydrogens is 428 g/mol. The van der Waals surface area contributed by atoms with Crippen molar-refractivity contribution in [1.29, 1.82) is 0 Å². The number of nitrogens with zero attached hydrogens (tertiary/aromatic N) is 3. The van der Waals surface area contributed by atoms with Crippen molar-refractivity contribution in [2.24, 2.45) is 0 Å². The summed E-state index contributed by atoms with van der Waals surface area (Å²) >= 11 is 0. The van der Waals surface area contributed by atoms with Gasteiger partial charge in [0.1, 0.15) is 6.10 Å². The van der Waals surface area contributed by atoms with Gasteiger partial charge in [0, 0.05) is 44.5 Å². The van der Waals surface area contributed by atoms with Gasteiger partial charge < -0.3 is 15.0 Å². The minimum Gasteiger partial charge on any atom is -0.474 e. The van der Waals surface area contributed by atoms with Crippen LogP contribution >= 0.6 is 0 Å². The summed E-state index contributed by atoms with van der Waals surface area (Å²) in [6, 6.07) is 10.4. The molecule has 2 heterocycles. The largest absolute Gasteiger partial charge is 0.474 e. The zero-order valence-corrected chi connectivity index (χ0v) is 19.2. The summed E-state index contributed by atoms with van der Waals surface area (Å²) in [7, 11) is -3.55. The lowest BCUT2D eigenvalue weighted by atomic mass is 10.2. The molecule has 1 saturated carbocycles. The van der Waals surface area contributed by atoms with Gasteiger partial charge in [-0.3, -0.25) is 0 Å². The number of hydrogen-bond acceptors (Lipinski definition) is 5. The molecule has 1 aromatic heterocycles. The number of nitrogens with one attached hydrogen (secondary N) is 1. The lowest BCUT2D eigenvalue weighted by Gasteiger charge is -2.34. The molecule has 1 N–H and O–H groups in total. The Kier molecular flexibility index (Phi) is 6.95. The Balaban J connectivity index is 1.30. The monoisotopic (exact) mass is 458 g/mol. The molecule has 1 aliphatic carbocycles. The van der Waals surface area contributed by atoms with Gasteiger partial charge in [-0.05, 0) is 50.8 Å². The van der Waals surface area contributed by atoms with E-state index in [9.17, 15) is 13.2 Å². The third-order valence-corrected chi connectivity index (χ3v) is 7.96. The van der Waals surface area contributed by atoms with Crippen LogP contribution in [0.4, 0.5) is 4.79 Å². The van der Waals surface area contributed by atoms with Crippen molar-refractivity contribution in [2.75, 3.05) is 26.2 Å². The van der Waals surface area contributed by atoms with E-state index in [0.29, 0.717) is 25.5 Å². The molecule has 32 heavy (non-hydrogen) atoms. The molecule has 0 unspecified atom stereocenters. The van der Waals surface area contributed by atoms with Crippen molar-refractivity contribution in [3.8, 4) is 5.88 Å². The highest BCUT2D eigenvalue weighted by Gasteiger charge is 2.30. The van der Waals surface area contributed by atoms with Crippen molar-refractivity contribution in [3.63, 3.8) is 0 Å². The molecule has 9 heteroatoms. The Morgan fingerprint density at radius 3 is 2.47 bits per heavy atom. The number of hydrogen-bond donors (Lipinski definition) is 1. The number of rotatable bonds is 6. The number of carbonyl (C=O) groups is 1. The quantitative estimate of drug-likeness (QED) is 0.719. The average Bonchev–Trinajstić information content (AvgIpc) is 3.32. The van der Waals surface area contributed by atoms with Gasteiger partial charge in [0.25, 0.3) is 0 Å². The first-order valence-corrected chi connectivity index (χ1v) is 12.6. The Hall–Kier alpha value is -2.65.